The Bertz CT molecular complexity index is 732. The Kier molecular flexibility index (Phi) is 6.21. The van der Waals surface area contributed by atoms with Crippen LogP contribution in [0.2, 0.25) is 0 Å². The van der Waals surface area contributed by atoms with E-state index in [0.717, 1.165) is 8.04 Å². The molecule has 2 rings (SSSR count). The van der Waals surface area contributed by atoms with Gasteiger partial charge in [0.05, 0.1) is 9.13 Å². The fourth-order valence-corrected chi connectivity index (χ4v) is 3.93. The molecule has 0 aromatic heterocycles. The monoisotopic (exact) mass is 585 g/mol. The summed E-state index contributed by atoms with van der Waals surface area (Å²) in [5.41, 5.74) is 0.991. The van der Waals surface area contributed by atoms with Crippen LogP contribution in [0.15, 0.2) is 40.9 Å². The van der Waals surface area contributed by atoms with Crippen molar-refractivity contribution in [1.82, 2.24) is 0 Å². The Hall–Kier alpha value is -0.680. The average Bonchev–Trinajstić information content (AvgIpc) is 2.43. The maximum absolute atomic E-state index is 12.5. The first kappa shape index (κ1) is 17.7. The lowest BCUT2D eigenvalue weighted by Gasteiger charge is -2.12. The lowest BCUT2D eigenvalue weighted by atomic mass is 10.2. The Balaban J connectivity index is 2.35. The summed E-state index contributed by atoms with van der Waals surface area (Å²) in [4.78, 5) is 23.7. The minimum Gasteiger partial charge on any atom is -0.425 e. The van der Waals surface area contributed by atoms with Crippen molar-refractivity contribution in [1.29, 1.82) is 0 Å². The molecule has 0 saturated carbocycles. The van der Waals surface area contributed by atoms with Gasteiger partial charge in [0.1, 0.15) is 0 Å². The molecule has 2 aromatic carbocycles. The summed E-state index contributed by atoms with van der Waals surface area (Å²) in [7, 11) is 0. The number of halogens is 3. The highest BCUT2D eigenvalue weighted by Gasteiger charge is 2.18. The predicted molar refractivity (Wildman–Crippen MR) is 105 cm³/mol. The number of ether oxygens (including phenoxy) is 1. The van der Waals surface area contributed by atoms with Crippen LogP contribution in [-0.4, -0.2) is 11.9 Å². The molecular weight excluding hydrogens is 576 g/mol. The molecule has 0 aliphatic heterocycles. The number of anilines is 1. The van der Waals surface area contributed by atoms with Crippen molar-refractivity contribution in [3.8, 4) is 5.75 Å². The van der Waals surface area contributed by atoms with E-state index in [1.807, 2.05) is 40.8 Å². The summed E-state index contributed by atoms with van der Waals surface area (Å²) in [6.07, 6.45) is 0. The van der Waals surface area contributed by atoms with Gasteiger partial charge in [-0.3, -0.25) is 9.59 Å². The highest BCUT2D eigenvalue weighted by molar-refractivity contribution is 14.1. The summed E-state index contributed by atoms with van der Waals surface area (Å²) in [5.74, 6) is -0.505. The second kappa shape index (κ2) is 7.73. The molecular formula is C15H10BrI2NO3. The van der Waals surface area contributed by atoms with Crippen LogP contribution < -0.4 is 10.1 Å². The predicted octanol–water partition coefficient (Wildman–Crippen LogP) is 4.84. The second-order valence-electron chi connectivity index (χ2n) is 4.32. The molecule has 7 heteroatoms. The van der Waals surface area contributed by atoms with Crippen molar-refractivity contribution in [3.05, 3.63) is 53.6 Å². The van der Waals surface area contributed by atoms with Crippen LogP contribution in [0.25, 0.3) is 0 Å². The number of hydrogen-bond donors (Lipinski definition) is 1. The summed E-state index contributed by atoms with van der Waals surface area (Å²) in [6.45, 7) is 1.31. The van der Waals surface area contributed by atoms with Gasteiger partial charge >= 0.3 is 5.97 Å². The third kappa shape index (κ3) is 4.66. The first-order chi connectivity index (χ1) is 10.4. The lowest BCUT2D eigenvalue weighted by Crippen LogP contribution is -2.16. The molecule has 0 radical (unpaired) electrons. The van der Waals surface area contributed by atoms with Crippen LogP contribution in [0.3, 0.4) is 0 Å². The minimum atomic E-state index is -0.461. The van der Waals surface area contributed by atoms with Crippen LogP contribution in [0, 0.1) is 7.14 Å². The molecule has 1 amide bonds. The van der Waals surface area contributed by atoms with Crippen LogP contribution in [0.5, 0.6) is 5.75 Å². The zero-order chi connectivity index (χ0) is 16.3. The van der Waals surface area contributed by atoms with E-state index in [9.17, 15) is 9.59 Å². The largest absolute Gasteiger partial charge is 0.425 e. The fourth-order valence-electron chi connectivity index (χ4n) is 1.71. The molecule has 4 nitrogen and oxygen atoms in total. The molecule has 0 bridgehead atoms. The van der Waals surface area contributed by atoms with Crippen molar-refractivity contribution >= 4 is 78.7 Å². The summed E-state index contributed by atoms with van der Waals surface area (Å²) in [6, 6.07) is 10.8. The first-order valence-electron chi connectivity index (χ1n) is 6.11. The van der Waals surface area contributed by atoms with Crippen molar-refractivity contribution in [2.45, 2.75) is 6.92 Å². The molecule has 0 fully saturated rings. The van der Waals surface area contributed by atoms with Gasteiger partial charge in [0.2, 0.25) is 0 Å². The number of nitrogens with one attached hydrogen (secondary N) is 1. The first-order valence-corrected chi connectivity index (χ1v) is 9.06. The Morgan fingerprint density at radius 3 is 2.36 bits per heavy atom. The standard InChI is InChI=1S/C15H10BrI2NO3/c1-8(20)22-14-12(6-10(17)7-13(14)18)15(21)19-11-4-2-9(16)3-5-11/h2-7H,1H3,(H,19,21). The van der Waals surface area contributed by atoms with Crippen molar-refractivity contribution in [2.24, 2.45) is 0 Å². The highest BCUT2D eigenvalue weighted by atomic mass is 127. The molecule has 0 spiro atoms. The summed E-state index contributed by atoms with van der Waals surface area (Å²) >= 11 is 7.51. The number of esters is 1. The maximum atomic E-state index is 12.5. The number of hydrogen-bond acceptors (Lipinski definition) is 3. The van der Waals surface area contributed by atoms with Gasteiger partial charge in [-0.25, -0.2) is 0 Å². The molecule has 22 heavy (non-hydrogen) atoms. The molecule has 114 valence electrons. The smallest absolute Gasteiger partial charge is 0.308 e. The number of carbonyl (C=O) groups excluding carboxylic acids is 2. The van der Waals surface area contributed by atoms with E-state index in [0.29, 0.717) is 14.8 Å². The average molecular weight is 586 g/mol. The molecule has 1 N–H and O–H groups in total. The molecule has 0 heterocycles. The van der Waals surface area contributed by atoms with Gasteiger partial charge in [-0.1, -0.05) is 15.9 Å². The van der Waals surface area contributed by atoms with Gasteiger partial charge in [0.25, 0.3) is 5.91 Å². The van der Waals surface area contributed by atoms with Crippen molar-refractivity contribution in [3.63, 3.8) is 0 Å². The van der Waals surface area contributed by atoms with Crippen LogP contribution in [0.1, 0.15) is 17.3 Å². The van der Waals surface area contributed by atoms with Gasteiger partial charge in [0.15, 0.2) is 5.75 Å². The van der Waals surface area contributed by atoms with Crippen molar-refractivity contribution in [2.75, 3.05) is 5.32 Å². The maximum Gasteiger partial charge on any atom is 0.308 e. The number of carbonyl (C=O) groups is 2. The Labute approximate surface area is 163 Å². The van der Waals surface area contributed by atoms with Gasteiger partial charge < -0.3 is 10.1 Å². The van der Waals surface area contributed by atoms with Gasteiger partial charge in [-0.15, -0.1) is 0 Å². The van der Waals surface area contributed by atoms with E-state index in [-0.39, 0.29) is 11.7 Å². The van der Waals surface area contributed by atoms with E-state index in [2.05, 4.69) is 43.8 Å². The van der Waals surface area contributed by atoms with E-state index in [1.165, 1.54) is 6.92 Å². The van der Waals surface area contributed by atoms with Gasteiger partial charge in [0, 0.05) is 20.7 Å². The quantitative estimate of drug-likeness (QED) is 0.319. The summed E-state index contributed by atoms with van der Waals surface area (Å²) in [5, 5.41) is 2.80. The van der Waals surface area contributed by atoms with E-state index in [1.54, 1.807) is 18.2 Å². The number of amides is 1. The van der Waals surface area contributed by atoms with Crippen LogP contribution in [-0.2, 0) is 4.79 Å². The van der Waals surface area contributed by atoms with Crippen LogP contribution in [0.4, 0.5) is 5.69 Å². The van der Waals surface area contributed by atoms with Crippen LogP contribution >= 0.6 is 61.1 Å². The highest BCUT2D eigenvalue weighted by Crippen LogP contribution is 2.29. The van der Waals surface area contributed by atoms with E-state index < -0.39 is 5.97 Å². The SMILES string of the molecule is CC(=O)Oc1c(I)cc(I)cc1C(=O)Nc1ccc(Br)cc1. The molecule has 0 aliphatic rings. The minimum absolute atomic E-state index is 0.281. The molecule has 0 saturated heterocycles. The second-order valence-corrected chi connectivity index (χ2v) is 7.64. The van der Waals surface area contributed by atoms with Gasteiger partial charge in [-0.05, 0) is 81.6 Å². The summed E-state index contributed by atoms with van der Waals surface area (Å²) < 4.78 is 7.71. The Morgan fingerprint density at radius 1 is 1.14 bits per heavy atom. The zero-order valence-corrected chi connectivity index (χ0v) is 17.2. The third-order valence-corrected chi connectivity index (χ3v) is 4.55. The van der Waals surface area contributed by atoms with E-state index in [4.69, 9.17) is 4.74 Å². The Morgan fingerprint density at radius 2 is 1.77 bits per heavy atom. The molecule has 0 aliphatic carbocycles. The van der Waals surface area contributed by atoms with Crippen molar-refractivity contribution < 1.29 is 14.3 Å². The molecule has 0 atom stereocenters. The number of benzene rings is 2. The lowest BCUT2D eigenvalue weighted by molar-refractivity contribution is -0.131. The molecule has 2 aromatic rings. The third-order valence-electron chi connectivity index (χ3n) is 2.60. The topological polar surface area (TPSA) is 55.4 Å². The van der Waals surface area contributed by atoms with E-state index >= 15 is 0 Å². The molecule has 0 unspecified atom stereocenters. The number of rotatable bonds is 3. The zero-order valence-electron chi connectivity index (χ0n) is 11.3. The van der Waals surface area contributed by atoms with Gasteiger partial charge in [-0.2, -0.15) is 0 Å². The fraction of sp³-hybridized carbons (Fsp3) is 0.0667. The normalized spacial score (nSPS) is 10.2.